The number of rotatable bonds is 10. The van der Waals surface area contributed by atoms with Gasteiger partial charge in [0, 0.05) is 75.6 Å². The van der Waals surface area contributed by atoms with Gasteiger partial charge in [0.25, 0.3) is 0 Å². The number of nitrogens with one attached hydrogen (secondary N) is 2. The Balaban J connectivity index is 0.918. The van der Waals surface area contributed by atoms with E-state index in [-0.39, 0.29) is 23.3 Å². The second-order valence-electron chi connectivity index (χ2n) is 14.3. The summed E-state index contributed by atoms with van der Waals surface area (Å²) < 4.78 is 14.1. The van der Waals surface area contributed by atoms with Crippen LogP contribution < -0.4 is 20.6 Å². The van der Waals surface area contributed by atoms with Crippen molar-refractivity contribution in [3.8, 4) is 11.4 Å². The highest BCUT2D eigenvalue weighted by Gasteiger charge is 2.33. The Hall–Kier alpha value is -5.40. The van der Waals surface area contributed by atoms with Crippen molar-refractivity contribution < 1.29 is 18.4 Å². The fourth-order valence-corrected chi connectivity index (χ4v) is 7.68. The first kappa shape index (κ1) is 34.7. The van der Waals surface area contributed by atoms with Crippen molar-refractivity contribution in [2.24, 2.45) is 0 Å². The zero-order valence-electron chi connectivity index (χ0n) is 30.2. The van der Waals surface area contributed by atoms with Gasteiger partial charge in [0.05, 0.1) is 13.1 Å². The fourth-order valence-electron chi connectivity index (χ4n) is 7.68. The molecule has 272 valence electrons. The number of hydrogen-bond donors (Lipinski definition) is 2. The molecule has 2 aromatic heterocycles. The predicted molar refractivity (Wildman–Crippen MR) is 199 cm³/mol. The van der Waals surface area contributed by atoms with E-state index in [1.807, 2.05) is 36.4 Å². The molecule has 12 nitrogen and oxygen atoms in total. The van der Waals surface area contributed by atoms with Crippen LogP contribution in [-0.2, 0) is 19.5 Å². The second kappa shape index (κ2) is 15.3. The summed E-state index contributed by atoms with van der Waals surface area (Å²) in [5.74, 6) is 0. The number of aromatic amines is 2. The molecular formula is C41H46N8O4+2. The molecule has 2 fully saturated rings. The summed E-state index contributed by atoms with van der Waals surface area (Å²) in [6, 6.07) is 37.9. The van der Waals surface area contributed by atoms with Crippen LogP contribution >= 0.6 is 0 Å². The quantitative estimate of drug-likeness (QED) is 0.208. The highest BCUT2D eigenvalue weighted by Crippen LogP contribution is 2.26. The van der Waals surface area contributed by atoms with Gasteiger partial charge in [-0.25, -0.2) is 9.59 Å². The average molecular weight is 715 g/mol. The maximum absolute atomic E-state index is 12.9. The molecule has 0 spiro atoms. The summed E-state index contributed by atoms with van der Waals surface area (Å²) in [6.07, 6.45) is 0.726. The highest BCUT2D eigenvalue weighted by atomic mass is 16.5. The van der Waals surface area contributed by atoms with Gasteiger partial charge in [0.1, 0.15) is 0 Å². The molecule has 0 radical (unpaired) electrons. The molecule has 2 atom stereocenters. The largest absolute Gasteiger partial charge is 0.431 e. The van der Waals surface area contributed by atoms with E-state index in [1.165, 1.54) is 11.1 Å². The number of hydrogen-bond acceptors (Lipinski definition) is 8. The summed E-state index contributed by atoms with van der Waals surface area (Å²) >= 11 is 0. The standard InChI is InChI=1S/C41H44N8O4/c1-44-21-23-46(26-36(44)32-9-5-3-6-10-32)28-38-40(50)52-42-48(38)34-17-13-30(14-18-34)25-31-15-19-35(20-16-31)49-39(41(51)53-43-49)29-47-24-22-45(2)37(27-47)33-11-7-4-8-12-33/h3-20,36-37H,21-29H2,1-2H3/p+2. The first-order valence-electron chi connectivity index (χ1n) is 18.3. The minimum absolute atomic E-state index is 0.260. The van der Waals surface area contributed by atoms with E-state index in [9.17, 15) is 9.59 Å². The summed E-state index contributed by atoms with van der Waals surface area (Å²) in [4.78, 5) is 35.1. The maximum atomic E-state index is 12.9. The smallest absolute Gasteiger partial charge is 0.297 e. The van der Waals surface area contributed by atoms with E-state index < -0.39 is 0 Å². The molecule has 53 heavy (non-hydrogen) atoms. The molecule has 2 unspecified atom stereocenters. The second-order valence-corrected chi connectivity index (χ2v) is 14.3. The molecule has 6 aromatic rings. The summed E-state index contributed by atoms with van der Waals surface area (Å²) in [7, 11) is 4.31. The van der Waals surface area contributed by atoms with Crippen LogP contribution in [0.15, 0.2) is 128 Å². The third-order valence-electron chi connectivity index (χ3n) is 10.8. The Morgan fingerprint density at radius 2 is 0.962 bits per heavy atom. The van der Waals surface area contributed by atoms with E-state index in [0.29, 0.717) is 24.5 Å². The normalized spacial score (nSPS) is 19.1. The molecule has 0 bridgehead atoms. The van der Waals surface area contributed by atoms with Gasteiger partial charge in [0.2, 0.25) is 11.4 Å². The van der Waals surface area contributed by atoms with Crippen LogP contribution in [0, 0.1) is 0 Å². The van der Waals surface area contributed by atoms with Crippen molar-refractivity contribution in [1.82, 2.24) is 30.1 Å². The first-order valence-corrected chi connectivity index (χ1v) is 18.3. The molecule has 12 heteroatoms. The molecule has 0 saturated carbocycles. The van der Waals surface area contributed by atoms with Crippen molar-refractivity contribution >= 4 is 0 Å². The lowest BCUT2D eigenvalue weighted by molar-refractivity contribution is -0.678. The number of piperazine rings is 2. The van der Waals surface area contributed by atoms with Gasteiger partial charge in [-0.15, -0.1) is 0 Å². The minimum Gasteiger partial charge on any atom is -0.297 e. The van der Waals surface area contributed by atoms with E-state index in [0.717, 1.165) is 68.2 Å². The average Bonchev–Trinajstić information content (AvgIpc) is 3.75. The first-order chi connectivity index (χ1) is 25.9. The van der Waals surface area contributed by atoms with Gasteiger partial charge in [-0.05, 0) is 62.7 Å². The van der Waals surface area contributed by atoms with Gasteiger partial charge in [0.15, 0.2) is 0 Å². The zero-order valence-corrected chi connectivity index (χ0v) is 30.2. The molecule has 2 aliphatic heterocycles. The van der Waals surface area contributed by atoms with Crippen LogP contribution in [0.4, 0.5) is 0 Å². The topological polar surface area (TPSA) is 113 Å². The van der Waals surface area contributed by atoms with E-state index >= 15 is 0 Å². The van der Waals surface area contributed by atoms with Crippen molar-refractivity contribution in [2.75, 3.05) is 53.4 Å². The number of H-pyrrole nitrogens is 2. The van der Waals surface area contributed by atoms with Crippen LogP contribution in [0.1, 0.15) is 45.7 Å². The Bertz CT molecular complexity index is 2070. The monoisotopic (exact) mass is 714 g/mol. The van der Waals surface area contributed by atoms with Gasteiger partial charge in [-0.1, -0.05) is 84.9 Å². The third kappa shape index (κ3) is 7.58. The number of aromatic nitrogens is 4. The third-order valence-corrected chi connectivity index (χ3v) is 10.8. The SMILES string of the molecule is CN1CCN(Cc2c(=O)o[nH][n+]2-c2ccc(Cc3ccc(-[n+]4[nH]oc(=O)c4CN4CCN(C)C(c5ccccc5)C4)cc3)cc2)CC1c1ccccc1. The zero-order chi connectivity index (χ0) is 36.3. The van der Waals surface area contributed by atoms with Crippen LogP contribution in [0.5, 0.6) is 0 Å². The molecule has 2 N–H and O–H groups in total. The van der Waals surface area contributed by atoms with Crippen molar-refractivity contribution in [3.63, 3.8) is 0 Å². The summed E-state index contributed by atoms with van der Waals surface area (Å²) in [6.45, 7) is 6.18. The van der Waals surface area contributed by atoms with Crippen LogP contribution in [0.25, 0.3) is 11.4 Å². The van der Waals surface area contributed by atoms with Gasteiger partial charge < -0.3 is 0 Å². The van der Waals surface area contributed by atoms with Crippen molar-refractivity contribution in [3.05, 3.63) is 164 Å². The van der Waals surface area contributed by atoms with Crippen molar-refractivity contribution in [1.29, 1.82) is 0 Å². The minimum atomic E-state index is -0.357. The number of likely N-dealkylation sites (N-methyl/N-ethyl adjacent to an activating group) is 2. The van der Waals surface area contributed by atoms with Gasteiger partial charge >= 0.3 is 22.6 Å². The summed E-state index contributed by atoms with van der Waals surface area (Å²) in [5.41, 5.74) is 6.91. The lowest BCUT2D eigenvalue weighted by Gasteiger charge is -2.39. The van der Waals surface area contributed by atoms with E-state index in [1.54, 1.807) is 9.36 Å². The molecule has 8 rings (SSSR count). The lowest BCUT2D eigenvalue weighted by atomic mass is 10.0. The number of nitrogens with zero attached hydrogens (tertiary/aromatic N) is 6. The fraction of sp³-hybridized carbons (Fsp3) is 0.317. The highest BCUT2D eigenvalue weighted by molar-refractivity contribution is 5.34. The predicted octanol–water partition coefficient (Wildman–Crippen LogP) is 3.37. The molecule has 2 saturated heterocycles. The van der Waals surface area contributed by atoms with Crippen molar-refractivity contribution in [2.45, 2.75) is 31.6 Å². The van der Waals surface area contributed by atoms with Crippen LogP contribution in [0.2, 0.25) is 0 Å². The Morgan fingerprint density at radius 1 is 0.566 bits per heavy atom. The van der Waals surface area contributed by atoms with Gasteiger partial charge in [-0.3, -0.25) is 28.6 Å². The summed E-state index contributed by atoms with van der Waals surface area (Å²) in [5, 5.41) is 5.64. The van der Waals surface area contributed by atoms with E-state index in [4.69, 9.17) is 9.05 Å². The maximum Gasteiger partial charge on any atom is 0.431 e. The molecule has 0 aliphatic carbocycles. The molecular weight excluding hydrogens is 669 g/mol. The molecule has 4 aromatic carbocycles. The lowest BCUT2D eigenvalue weighted by Crippen LogP contribution is -2.49. The van der Waals surface area contributed by atoms with E-state index in [2.05, 4.69) is 117 Å². The number of benzene rings is 4. The van der Waals surface area contributed by atoms with Gasteiger partial charge in [-0.2, -0.15) is 0 Å². The van der Waals surface area contributed by atoms with Crippen LogP contribution in [-0.4, -0.2) is 83.5 Å². The Labute approximate surface area is 308 Å². The molecule has 2 aliphatic rings. The van der Waals surface area contributed by atoms with Crippen LogP contribution in [0.3, 0.4) is 0 Å². The molecule has 4 heterocycles. The Kier molecular flexibility index (Phi) is 10.0. The molecule has 0 amide bonds. The Morgan fingerprint density at radius 3 is 1.36 bits per heavy atom.